The van der Waals surface area contributed by atoms with Crippen LogP contribution in [0.15, 0.2) is 35.7 Å². The molecule has 5 nitrogen and oxygen atoms in total. The van der Waals surface area contributed by atoms with Crippen LogP contribution in [0.1, 0.15) is 47.7 Å². The standard InChI is InChI=1S/C20H19NO4S/c1-12(23)18-14(9-10-26-18)17-15(11-22)13-7-5-6-8-16(13)21(17)19(24)25-20(2,3)4/h5-11H,1-4H3. The molecule has 0 saturated carbocycles. The van der Waals surface area contributed by atoms with Crippen molar-refractivity contribution >= 4 is 40.4 Å². The van der Waals surface area contributed by atoms with Crippen molar-refractivity contribution in [3.63, 3.8) is 0 Å². The Kier molecular flexibility index (Phi) is 4.54. The number of rotatable bonds is 3. The lowest BCUT2D eigenvalue weighted by molar-refractivity contribution is 0.0547. The quantitative estimate of drug-likeness (QED) is 0.472. The molecule has 6 heteroatoms. The molecule has 134 valence electrons. The number of para-hydroxylation sites is 1. The van der Waals surface area contributed by atoms with Crippen LogP contribution >= 0.6 is 11.3 Å². The highest BCUT2D eigenvalue weighted by molar-refractivity contribution is 7.12. The van der Waals surface area contributed by atoms with E-state index in [4.69, 9.17) is 4.74 Å². The molecule has 1 aromatic carbocycles. The first kappa shape index (κ1) is 18.1. The molecule has 2 heterocycles. The summed E-state index contributed by atoms with van der Waals surface area (Å²) in [6.45, 7) is 6.81. The van der Waals surface area contributed by atoms with Gasteiger partial charge in [0, 0.05) is 16.5 Å². The third-order valence-electron chi connectivity index (χ3n) is 3.85. The van der Waals surface area contributed by atoms with Crippen LogP contribution in [0.5, 0.6) is 0 Å². The van der Waals surface area contributed by atoms with Crippen LogP contribution < -0.4 is 0 Å². The highest BCUT2D eigenvalue weighted by Crippen LogP contribution is 2.37. The lowest BCUT2D eigenvalue weighted by Crippen LogP contribution is -2.27. The first-order valence-corrected chi connectivity index (χ1v) is 9.03. The predicted octanol–water partition coefficient (Wildman–Crippen LogP) is 5.17. The van der Waals surface area contributed by atoms with E-state index in [0.717, 1.165) is 6.29 Å². The van der Waals surface area contributed by atoms with Gasteiger partial charge in [-0.2, -0.15) is 0 Å². The van der Waals surface area contributed by atoms with Gasteiger partial charge in [0.2, 0.25) is 0 Å². The Hall–Kier alpha value is -2.73. The fourth-order valence-electron chi connectivity index (χ4n) is 2.92. The normalized spacial score (nSPS) is 11.5. The lowest BCUT2D eigenvalue weighted by Gasteiger charge is -2.21. The zero-order valence-corrected chi connectivity index (χ0v) is 15.8. The average molecular weight is 369 g/mol. The Bertz CT molecular complexity index is 1020. The number of carbonyl (C=O) groups is 3. The maximum atomic E-state index is 12.9. The van der Waals surface area contributed by atoms with Crippen molar-refractivity contribution in [3.8, 4) is 11.3 Å². The van der Waals surface area contributed by atoms with Gasteiger partial charge in [-0.1, -0.05) is 18.2 Å². The van der Waals surface area contributed by atoms with Gasteiger partial charge in [-0.3, -0.25) is 9.59 Å². The molecular formula is C20H19NO4S. The van der Waals surface area contributed by atoms with Crippen molar-refractivity contribution in [1.29, 1.82) is 0 Å². The third-order valence-corrected chi connectivity index (χ3v) is 4.86. The summed E-state index contributed by atoms with van der Waals surface area (Å²) in [5, 5.41) is 2.42. The van der Waals surface area contributed by atoms with E-state index >= 15 is 0 Å². The molecule has 0 spiro atoms. The number of aromatic nitrogens is 1. The number of nitrogens with zero attached hydrogens (tertiary/aromatic N) is 1. The Morgan fingerprint density at radius 2 is 1.85 bits per heavy atom. The molecule has 26 heavy (non-hydrogen) atoms. The topological polar surface area (TPSA) is 65.4 Å². The minimum absolute atomic E-state index is 0.118. The Morgan fingerprint density at radius 1 is 1.15 bits per heavy atom. The van der Waals surface area contributed by atoms with Crippen molar-refractivity contribution in [2.45, 2.75) is 33.3 Å². The number of aldehydes is 1. The number of thiophene rings is 1. The largest absolute Gasteiger partial charge is 0.443 e. The second-order valence-electron chi connectivity index (χ2n) is 6.93. The molecule has 0 bridgehead atoms. The summed E-state index contributed by atoms with van der Waals surface area (Å²) in [5.41, 5.74) is 1.19. The van der Waals surface area contributed by atoms with Crippen molar-refractivity contribution in [3.05, 3.63) is 46.2 Å². The molecule has 2 aromatic heterocycles. The van der Waals surface area contributed by atoms with Crippen LogP contribution in [-0.4, -0.2) is 28.3 Å². The minimum Gasteiger partial charge on any atom is -0.443 e. The first-order chi connectivity index (χ1) is 12.2. The Labute approximate surface area is 155 Å². The van der Waals surface area contributed by atoms with Gasteiger partial charge in [-0.05, 0) is 45.2 Å². The highest BCUT2D eigenvalue weighted by Gasteiger charge is 2.28. The van der Waals surface area contributed by atoms with Crippen LogP contribution in [-0.2, 0) is 4.74 Å². The van der Waals surface area contributed by atoms with E-state index in [1.807, 2.05) is 0 Å². The number of carbonyl (C=O) groups excluding carboxylic acids is 3. The fourth-order valence-corrected chi connectivity index (χ4v) is 3.71. The predicted molar refractivity (Wildman–Crippen MR) is 102 cm³/mol. The summed E-state index contributed by atoms with van der Waals surface area (Å²) in [6, 6.07) is 8.89. The summed E-state index contributed by atoms with van der Waals surface area (Å²) in [7, 11) is 0. The van der Waals surface area contributed by atoms with Gasteiger partial charge in [0.05, 0.1) is 16.1 Å². The molecule has 0 aliphatic heterocycles. The summed E-state index contributed by atoms with van der Waals surface area (Å²) in [4.78, 5) is 37.4. The molecule has 0 saturated heterocycles. The summed E-state index contributed by atoms with van der Waals surface area (Å²) in [5.74, 6) is -0.118. The smallest absolute Gasteiger partial charge is 0.419 e. The molecule has 3 rings (SSSR count). The van der Waals surface area contributed by atoms with Crippen LogP contribution in [0, 0.1) is 0 Å². The van der Waals surface area contributed by atoms with E-state index < -0.39 is 11.7 Å². The van der Waals surface area contributed by atoms with Crippen LogP contribution in [0.4, 0.5) is 4.79 Å². The summed E-state index contributed by atoms with van der Waals surface area (Å²) < 4.78 is 6.94. The number of ketones is 1. The van der Waals surface area contributed by atoms with Gasteiger partial charge in [-0.25, -0.2) is 9.36 Å². The van der Waals surface area contributed by atoms with Gasteiger partial charge in [0.1, 0.15) is 5.60 Å². The molecule has 0 N–H and O–H groups in total. The molecular weight excluding hydrogens is 350 g/mol. The van der Waals surface area contributed by atoms with Crippen LogP contribution in [0.2, 0.25) is 0 Å². The molecule has 0 fully saturated rings. The van der Waals surface area contributed by atoms with Crippen molar-refractivity contribution < 1.29 is 19.1 Å². The van der Waals surface area contributed by atoms with Gasteiger partial charge >= 0.3 is 6.09 Å². The summed E-state index contributed by atoms with van der Waals surface area (Å²) >= 11 is 1.28. The molecule has 0 aliphatic rings. The zero-order valence-electron chi connectivity index (χ0n) is 15.0. The maximum absolute atomic E-state index is 12.9. The number of Topliss-reactive ketones (excluding diaryl/α,β-unsaturated/α-hetero) is 1. The van der Waals surface area contributed by atoms with E-state index in [0.29, 0.717) is 32.6 Å². The molecule has 0 aliphatic carbocycles. The van der Waals surface area contributed by atoms with E-state index in [1.54, 1.807) is 56.5 Å². The van der Waals surface area contributed by atoms with Crippen molar-refractivity contribution in [2.24, 2.45) is 0 Å². The second-order valence-corrected chi connectivity index (χ2v) is 7.85. The lowest BCUT2D eigenvalue weighted by atomic mass is 10.1. The Balaban J connectivity index is 2.38. The third kappa shape index (κ3) is 3.08. The molecule has 0 radical (unpaired) electrons. The minimum atomic E-state index is -0.695. The fraction of sp³-hybridized carbons (Fsp3) is 0.250. The highest BCUT2D eigenvalue weighted by atomic mass is 32.1. The van der Waals surface area contributed by atoms with Gasteiger partial charge in [0.15, 0.2) is 12.1 Å². The van der Waals surface area contributed by atoms with Gasteiger partial charge < -0.3 is 4.74 Å². The van der Waals surface area contributed by atoms with E-state index in [-0.39, 0.29) is 5.78 Å². The molecule has 3 aromatic rings. The SMILES string of the molecule is CC(=O)c1sccc1-c1c(C=O)c2ccccc2n1C(=O)OC(C)(C)C. The number of ether oxygens (including phenoxy) is 1. The first-order valence-electron chi connectivity index (χ1n) is 8.15. The van der Waals surface area contributed by atoms with E-state index in [1.165, 1.54) is 22.8 Å². The molecule has 0 atom stereocenters. The number of benzene rings is 1. The molecule has 0 unspecified atom stereocenters. The van der Waals surface area contributed by atoms with Crippen LogP contribution in [0.3, 0.4) is 0 Å². The van der Waals surface area contributed by atoms with E-state index in [9.17, 15) is 14.4 Å². The van der Waals surface area contributed by atoms with Crippen LogP contribution in [0.25, 0.3) is 22.2 Å². The van der Waals surface area contributed by atoms with Gasteiger partial charge in [0.25, 0.3) is 0 Å². The zero-order chi connectivity index (χ0) is 19.1. The number of hydrogen-bond acceptors (Lipinski definition) is 5. The average Bonchev–Trinajstić information content (AvgIpc) is 3.15. The Morgan fingerprint density at radius 3 is 2.46 bits per heavy atom. The van der Waals surface area contributed by atoms with Crippen molar-refractivity contribution in [2.75, 3.05) is 0 Å². The maximum Gasteiger partial charge on any atom is 0.419 e. The molecule has 0 amide bonds. The van der Waals surface area contributed by atoms with Crippen molar-refractivity contribution in [1.82, 2.24) is 4.57 Å². The summed E-state index contributed by atoms with van der Waals surface area (Å²) in [6.07, 6.45) is 0.137. The van der Waals surface area contributed by atoms with E-state index in [2.05, 4.69) is 0 Å². The van der Waals surface area contributed by atoms with Gasteiger partial charge in [-0.15, -0.1) is 11.3 Å². The monoisotopic (exact) mass is 369 g/mol. The second kappa shape index (κ2) is 6.53. The number of hydrogen-bond donors (Lipinski definition) is 0. The number of fused-ring (bicyclic) bond motifs is 1.